The number of carbonyl (C=O) groups is 1. The summed E-state index contributed by atoms with van der Waals surface area (Å²) in [6.07, 6.45) is 2.75. The predicted octanol–water partition coefficient (Wildman–Crippen LogP) is 6.18. The maximum atomic E-state index is 12.6. The normalized spacial score (nSPS) is 21.1. The van der Waals surface area contributed by atoms with E-state index < -0.39 is 6.29 Å². The van der Waals surface area contributed by atoms with Crippen molar-refractivity contribution in [1.82, 2.24) is 20.2 Å². The van der Waals surface area contributed by atoms with Crippen LogP contribution in [0.5, 0.6) is 0 Å². The minimum Gasteiger partial charge on any atom is -0.392 e. The molecule has 9 nitrogen and oxygen atoms in total. The van der Waals surface area contributed by atoms with Crippen LogP contribution in [-0.4, -0.2) is 64.7 Å². The summed E-state index contributed by atoms with van der Waals surface area (Å²) in [4.78, 5) is 26.2. The Balaban J connectivity index is 1.08. The first-order valence-electron chi connectivity index (χ1n) is 17.3. The molecule has 0 unspecified atom stereocenters. The molecule has 256 valence electrons. The molecule has 5 aromatic rings. The quantitative estimate of drug-likeness (QED) is 0.182. The Hall–Kier alpha value is -4.93. The van der Waals surface area contributed by atoms with Crippen LogP contribution in [0.4, 0.5) is 5.95 Å². The minimum absolute atomic E-state index is 0.00308. The molecule has 4 atom stereocenters. The van der Waals surface area contributed by atoms with Crippen LogP contribution in [0.2, 0.25) is 0 Å². The lowest BCUT2D eigenvalue weighted by Gasteiger charge is -2.44. The molecule has 0 bridgehead atoms. The molecule has 2 N–H and O–H groups in total. The van der Waals surface area contributed by atoms with Gasteiger partial charge in [-0.2, -0.15) is 0 Å². The zero-order valence-electron chi connectivity index (χ0n) is 28.3. The fourth-order valence-electron chi connectivity index (χ4n) is 6.77. The van der Waals surface area contributed by atoms with Gasteiger partial charge in [0.1, 0.15) is 0 Å². The van der Waals surface area contributed by atoms with Crippen LogP contribution in [0.25, 0.3) is 11.1 Å². The van der Waals surface area contributed by atoms with Gasteiger partial charge < -0.3 is 24.8 Å². The summed E-state index contributed by atoms with van der Waals surface area (Å²) in [5, 5.41) is 12.7. The SMILES string of the molecule is C[C@@H]1[C@H](CN2CCN(c3ncccn3)CC2)O[C@H](c2cccc(-c3cccc(CNC(=O)c4ccccc4)c3)c2)O[C@@H]1c1ccc(CO)cc1. The molecular weight excluding hydrogens is 626 g/mol. The van der Waals surface area contributed by atoms with Gasteiger partial charge in [0.05, 0.1) is 18.8 Å². The molecule has 2 aliphatic rings. The summed E-state index contributed by atoms with van der Waals surface area (Å²) in [5.74, 6) is 0.769. The van der Waals surface area contributed by atoms with E-state index in [9.17, 15) is 9.90 Å². The Bertz CT molecular complexity index is 1850. The maximum Gasteiger partial charge on any atom is 0.251 e. The number of aromatic nitrogens is 2. The Morgan fingerprint density at radius 2 is 1.50 bits per heavy atom. The summed E-state index contributed by atoms with van der Waals surface area (Å²) in [7, 11) is 0. The molecule has 1 aromatic heterocycles. The molecule has 1 amide bonds. The molecule has 2 aliphatic heterocycles. The average molecular weight is 670 g/mol. The van der Waals surface area contributed by atoms with E-state index in [1.807, 2.05) is 66.7 Å². The lowest BCUT2D eigenvalue weighted by atomic mass is 9.89. The number of piperazine rings is 1. The van der Waals surface area contributed by atoms with Gasteiger partial charge in [0.25, 0.3) is 5.91 Å². The fourth-order valence-corrected chi connectivity index (χ4v) is 6.77. The molecule has 2 saturated heterocycles. The fraction of sp³-hybridized carbons (Fsp3) is 0.293. The van der Waals surface area contributed by atoms with Crippen molar-refractivity contribution in [1.29, 1.82) is 0 Å². The Kier molecular flexibility index (Phi) is 10.6. The first-order chi connectivity index (χ1) is 24.5. The summed E-state index contributed by atoms with van der Waals surface area (Å²) in [6.45, 7) is 6.92. The van der Waals surface area contributed by atoms with Crippen LogP contribution in [-0.2, 0) is 22.6 Å². The molecule has 3 heterocycles. The zero-order valence-corrected chi connectivity index (χ0v) is 28.3. The van der Waals surface area contributed by atoms with E-state index in [4.69, 9.17) is 9.47 Å². The van der Waals surface area contributed by atoms with Crippen LogP contribution in [0.15, 0.2) is 122 Å². The number of nitrogens with zero attached hydrogens (tertiary/aromatic N) is 4. The van der Waals surface area contributed by atoms with Gasteiger partial charge in [-0.25, -0.2) is 9.97 Å². The number of benzene rings is 4. The smallest absolute Gasteiger partial charge is 0.251 e. The third-order valence-corrected chi connectivity index (χ3v) is 9.68. The predicted molar refractivity (Wildman–Crippen MR) is 193 cm³/mol. The molecule has 4 aromatic carbocycles. The molecule has 7 rings (SSSR count). The first-order valence-corrected chi connectivity index (χ1v) is 17.3. The van der Waals surface area contributed by atoms with Crippen molar-refractivity contribution in [3.8, 4) is 11.1 Å². The number of amides is 1. The van der Waals surface area contributed by atoms with Crippen molar-refractivity contribution >= 4 is 11.9 Å². The van der Waals surface area contributed by atoms with E-state index >= 15 is 0 Å². The first kappa shape index (κ1) is 33.6. The molecule has 0 radical (unpaired) electrons. The number of hydrogen-bond donors (Lipinski definition) is 2. The van der Waals surface area contributed by atoms with E-state index in [2.05, 4.69) is 74.5 Å². The highest BCUT2D eigenvalue weighted by Crippen LogP contribution is 2.42. The van der Waals surface area contributed by atoms with E-state index in [1.165, 1.54) is 0 Å². The second-order valence-electron chi connectivity index (χ2n) is 13.0. The van der Waals surface area contributed by atoms with Crippen LogP contribution in [0.1, 0.15) is 51.9 Å². The second kappa shape index (κ2) is 15.7. The number of rotatable bonds is 10. The number of hydrogen-bond acceptors (Lipinski definition) is 8. The van der Waals surface area contributed by atoms with E-state index in [1.54, 1.807) is 12.4 Å². The van der Waals surface area contributed by atoms with Crippen molar-refractivity contribution in [3.05, 3.63) is 149 Å². The molecular formula is C41H43N5O4. The summed E-state index contributed by atoms with van der Waals surface area (Å²) < 4.78 is 13.6. The molecule has 50 heavy (non-hydrogen) atoms. The van der Waals surface area contributed by atoms with Crippen molar-refractivity contribution in [2.24, 2.45) is 5.92 Å². The van der Waals surface area contributed by atoms with Gasteiger partial charge in [-0.3, -0.25) is 9.69 Å². The van der Waals surface area contributed by atoms with Gasteiger partial charge in [-0.15, -0.1) is 0 Å². The van der Waals surface area contributed by atoms with E-state index in [0.29, 0.717) is 12.1 Å². The standard InChI is InChI=1S/C41H43N5O4/c1-29-37(27-45-20-22-46(23-21-45)41-42-18-7-19-43-41)49-40(50-38(29)32-16-14-30(28-47)15-17-32)36-13-6-12-35(25-36)34-11-5-8-31(24-34)26-44-39(48)33-9-3-2-4-10-33/h2-19,24-25,29,37-38,40,47H,20-23,26-28H2,1H3,(H,44,48)/t29-,37+,38+,40+/m1/s1. The summed E-state index contributed by atoms with van der Waals surface area (Å²) in [5.41, 5.74) is 6.64. The molecule has 0 aliphatic carbocycles. The van der Waals surface area contributed by atoms with Crippen LogP contribution < -0.4 is 10.2 Å². The van der Waals surface area contributed by atoms with Crippen LogP contribution in [0, 0.1) is 5.92 Å². The Morgan fingerprint density at radius 3 is 2.24 bits per heavy atom. The number of anilines is 1. The van der Waals surface area contributed by atoms with Gasteiger partial charge in [0, 0.05) is 68.7 Å². The maximum absolute atomic E-state index is 12.6. The highest BCUT2D eigenvalue weighted by molar-refractivity contribution is 5.94. The highest BCUT2D eigenvalue weighted by Gasteiger charge is 2.39. The van der Waals surface area contributed by atoms with Gasteiger partial charge in [0.2, 0.25) is 5.95 Å². The van der Waals surface area contributed by atoms with Gasteiger partial charge in [-0.1, -0.05) is 85.8 Å². The molecule has 9 heteroatoms. The second-order valence-corrected chi connectivity index (χ2v) is 13.0. The number of aliphatic hydroxyl groups excluding tert-OH is 1. The summed E-state index contributed by atoms with van der Waals surface area (Å²) >= 11 is 0. The summed E-state index contributed by atoms with van der Waals surface area (Å²) in [6, 6.07) is 35.7. The number of carbonyl (C=O) groups excluding carboxylic acids is 1. The lowest BCUT2D eigenvalue weighted by Crippen LogP contribution is -2.51. The largest absolute Gasteiger partial charge is 0.392 e. The minimum atomic E-state index is -0.564. The van der Waals surface area contributed by atoms with Crippen molar-refractivity contribution < 1.29 is 19.4 Å². The molecule has 2 fully saturated rings. The van der Waals surface area contributed by atoms with Gasteiger partial charge in [-0.05, 0) is 58.1 Å². The van der Waals surface area contributed by atoms with E-state index in [0.717, 1.165) is 72.1 Å². The van der Waals surface area contributed by atoms with Crippen LogP contribution >= 0.6 is 0 Å². The van der Waals surface area contributed by atoms with Crippen LogP contribution in [0.3, 0.4) is 0 Å². The topological polar surface area (TPSA) is 100 Å². The molecule has 0 spiro atoms. The third kappa shape index (κ3) is 7.93. The highest BCUT2D eigenvalue weighted by atomic mass is 16.7. The average Bonchev–Trinajstić information content (AvgIpc) is 3.19. The number of aliphatic hydroxyl groups is 1. The van der Waals surface area contributed by atoms with Crippen molar-refractivity contribution in [2.75, 3.05) is 37.6 Å². The monoisotopic (exact) mass is 669 g/mol. The number of ether oxygens (including phenoxy) is 2. The van der Waals surface area contributed by atoms with E-state index in [-0.39, 0.29) is 30.6 Å². The van der Waals surface area contributed by atoms with Crippen molar-refractivity contribution in [2.45, 2.75) is 38.6 Å². The van der Waals surface area contributed by atoms with Gasteiger partial charge >= 0.3 is 0 Å². The third-order valence-electron chi connectivity index (χ3n) is 9.68. The lowest BCUT2D eigenvalue weighted by molar-refractivity contribution is -0.276. The molecule has 0 saturated carbocycles. The number of nitrogens with one attached hydrogen (secondary N) is 1. The zero-order chi connectivity index (χ0) is 34.3. The van der Waals surface area contributed by atoms with Gasteiger partial charge in [0.15, 0.2) is 6.29 Å². The Labute approximate surface area is 293 Å². The van der Waals surface area contributed by atoms with Crippen molar-refractivity contribution in [3.63, 3.8) is 0 Å². The Morgan fingerprint density at radius 1 is 0.780 bits per heavy atom.